The van der Waals surface area contributed by atoms with Crippen LogP contribution in [0.25, 0.3) is 0 Å². The van der Waals surface area contributed by atoms with Gasteiger partial charge >= 0.3 is 0 Å². The lowest BCUT2D eigenvalue weighted by atomic mass is 10.2. The standard InChI is InChI=1S/C12H19N5O/c1-2-6-17(5-1)11-9-14-16-12(15-11)13-8-10-4-3-7-18-10/h9-10H,1-8H2,(H,13,15,16). The van der Waals surface area contributed by atoms with Crippen LogP contribution < -0.4 is 10.2 Å². The molecule has 2 saturated heterocycles. The fraction of sp³-hybridized carbons (Fsp3) is 0.750. The number of anilines is 2. The molecule has 0 amide bonds. The maximum Gasteiger partial charge on any atom is 0.244 e. The van der Waals surface area contributed by atoms with Crippen molar-refractivity contribution in [3.8, 4) is 0 Å². The predicted molar refractivity (Wildman–Crippen MR) is 68.7 cm³/mol. The molecular weight excluding hydrogens is 230 g/mol. The van der Waals surface area contributed by atoms with Gasteiger partial charge in [-0.1, -0.05) is 0 Å². The van der Waals surface area contributed by atoms with Crippen molar-refractivity contribution in [3.05, 3.63) is 6.20 Å². The molecule has 1 atom stereocenters. The van der Waals surface area contributed by atoms with E-state index in [0.29, 0.717) is 12.1 Å². The fourth-order valence-electron chi connectivity index (χ4n) is 2.48. The second-order valence-corrected chi connectivity index (χ2v) is 4.85. The van der Waals surface area contributed by atoms with Crippen molar-refractivity contribution in [3.63, 3.8) is 0 Å². The molecule has 2 aliphatic heterocycles. The van der Waals surface area contributed by atoms with Gasteiger partial charge in [0, 0.05) is 26.2 Å². The van der Waals surface area contributed by atoms with E-state index in [9.17, 15) is 0 Å². The van der Waals surface area contributed by atoms with Gasteiger partial charge in [-0.3, -0.25) is 0 Å². The molecule has 1 aromatic heterocycles. The van der Waals surface area contributed by atoms with Gasteiger partial charge in [-0.15, -0.1) is 5.10 Å². The largest absolute Gasteiger partial charge is 0.376 e. The van der Waals surface area contributed by atoms with Crippen LogP contribution in [0.15, 0.2) is 6.20 Å². The molecule has 2 aliphatic rings. The second-order valence-electron chi connectivity index (χ2n) is 4.85. The molecule has 18 heavy (non-hydrogen) atoms. The van der Waals surface area contributed by atoms with Gasteiger partial charge in [-0.25, -0.2) is 0 Å². The first-order chi connectivity index (χ1) is 8.92. The summed E-state index contributed by atoms with van der Waals surface area (Å²) in [4.78, 5) is 6.76. The van der Waals surface area contributed by atoms with E-state index in [4.69, 9.17) is 4.74 Å². The zero-order chi connectivity index (χ0) is 12.2. The van der Waals surface area contributed by atoms with Gasteiger partial charge in [-0.2, -0.15) is 10.1 Å². The zero-order valence-electron chi connectivity index (χ0n) is 10.5. The Morgan fingerprint density at radius 3 is 3.00 bits per heavy atom. The third-order valence-electron chi connectivity index (χ3n) is 3.49. The average molecular weight is 249 g/mol. The molecular formula is C12H19N5O. The van der Waals surface area contributed by atoms with Gasteiger partial charge in [0.2, 0.25) is 5.95 Å². The van der Waals surface area contributed by atoms with Crippen LogP contribution in [0.3, 0.4) is 0 Å². The van der Waals surface area contributed by atoms with Crippen LogP contribution in [0, 0.1) is 0 Å². The van der Waals surface area contributed by atoms with E-state index in [-0.39, 0.29) is 0 Å². The Hall–Kier alpha value is -1.43. The number of ether oxygens (including phenoxy) is 1. The molecule has 0 bridgehead atoms. The van der Waals surface area contributed by atoms with Gasteiger partial charge < -0.3 is 15.0 Å². The summed E-state index contributed by atoms with van der Waals surface area (Å²) >= 11 is 0. The molecule has 0 aromatic carbocycles. The molecule has 2 fully saturated rings. The molecule has 0 spiro atoms. The lowest BCUT2D eigenvalue weighted by Crippen LogP contribution is -2.22. The van der Waals surface area contributed by atoms with Crippen LogP contribution in [0.1, 0.15) is 25.7 Å². The summed E-state index contributed by atoms with van der Waals surface area (Å²) in [5, 5.41) is 11.2. The quantitative estimate of drug-likeness (QED) is 0.861. The van der Waals surface area contributed by atoms with Gasteiger partial charge in [0.15, 0.2) is 5.82 Å². The van der Waals surface area contributed by atoms with Crippen molar-refractivity contribution < 1.29 is 4.74 Å². The smallest absolute Gasteiger partial charge is 0.244 e. The Balaban J connectivity index is 1.59. The van der Waals surface area contributed by atoms with Crippen molar-refractivity contribution >= 4 is 11.8 Å². The van der Waals surface area contributed by atoms with Crippen LogP contribution in [0.2, 0.25) is 0 Å². The third-order valence-corrected chi connectivity index (χ3v) is 3.49. The maximum atomic E-state index is 5.56. The van der Waals surface area contributed by atoms with Gasteiger partial charge in [-0.05, 0) is 25.7 Å². The third kappa shape index (κ3) is 2.69. The summed E-state index contributed by atoms with van der Waals surface area (Å²) in [6.07, 6.45) is 6.78. The van der Waals surface area contributed by atoms with Crippen molar-refractivity contribution in [2.24, 2.45) is 0 Å². The van der Waals surface area contributed by atoms with Gasteiger partial charge in [0.25, 0.3) is 0 Å². The Morgan fingerprint density at radius 2 is 2.22 bits per heavy atom. The molecule has 1 aromatic rings. The highest BCUT2D eigenvalue weighted by Gasteiger charge is 2.17. The molecule has 1 unspecified atom stereocenters. The number of hydrogen-bond donors (Lipinski definition) is 1. The van der Waals surface area contributed by atoms with Crippen molar-refractivity contribution in [1.82, 2.24) is 15.2 Å². The average Bonchev–Trinajstić information content (AvgIpc) is 3.10. The summed E-state index contributed by atoms with van der Waals surface area (Å²) < 4.78 is 5.56. The van der Waals surface area contributed by atoms with E-state index in [1.165, 1.54) is 12.8 Å². The van der Waals surface area contributed by atoms with Crippen LogP contribution >= 0.6 is 0 Å². The molecule has 0 saturated carbocycles. The van der Waals surface area contributed by atoms with Gasteiger partial charge in [0.05, 0.1) is 12.3 Å². The molecule has 6 heteroatoms. The zero-order valence-corrected chi connectivity index (χ0v) is 10.5. The lowest BCUT2D eigenvalue weighted by Gasteiger charge is -2.16. The lowest BCUT2D eigenvalue weighted by molar-refractivity contribution is 0.120. The summed E-state index contributed by atoms with van der Waals surface area (Å²) in [6.45, 7) is 3.79. The van der Waals surface area contributed by atoms with E-state index in [1.54, 1.807) is 6.20 Å². The molecule has 0 aliphatic carbocycles. The monoisotopic (exact) mass is 249 g/mol. The predicted octanol–water partition coefficient (Wildman–Crippen LogP) is 1.06. The van der Waals surface area contributed by atoms with E-state index < -0.39 is 0 Å². The minimum atomic E-state index is 0.295. The number of nitrogens with zero attached hydrogens (tertiary/aromatic N) is 4. The second kappa shape index (κ2) is 5.48. The Labute approximate surface area is 107 Å². The van der Waals surface area contributed by atoms with Crippen LogP contribution in [-0.2, 0) is 4.74 Å². The SMILES string of the molecule is c1nnc(NCC2CCCO2)nc1N1CCCC1. The number of rotatable bonds is 4. The normalized spacial score (nSPS) is 23.6. The summed E-state index contributed by atoms with van der Waals surface area (Å²) in [5.74, 6) is 1.53. The fourth-order valence-corrected chi connectivity index (χ4v) is 2.48. The molecule has 6 nitrogen and oxygen atoms in total. The summed E-state index contributed by atoms with van der Waals surface area (Å²) in [7, 11) is 0. The first kappa shape index (κ1) is 11.6. The molecule has 3 heterocycles. The Bertz CT molecular complexity index is 388. The summed E-state index contributed by atoms with van der Waals surface area (Å²) in [5.41, 5.74) is 0. The number of nitrogens with one attached hydrogen (secondary N) is 1. The highest BCUT2D eigenvalue weighted by Crippen LogP contribution is 2.17. The van der Waals surface area contributed by atoms with Crippen LogP contribution in [0.4, 0.5) is 11.8 Å². The topological polar surface area (TPSA) is 63.2 Å². The summed E-state index contributed by atoms with van der Waals surface area (Å²) in [6, 6.07) is 0. The first-order valence-corrected chi connectivity index (χ1v) is 6.72. The van der Waals surface area contributed by atoms with Gasteiger partial charge in [0.1, 0.15) is 0 Å². The van der Waals surface area contributed by atoms with Crippen molar-refractivity contribution in [2.45, 2.75) is 31.8 Å². The molecule has 98 valence electrons. The first-order valence-electron chi connectivity index (χ1n) is 6.72. The van der Waals surface area contributed by atoms with E-state index in [0.717, 1.165) is 44.9 Å². The maximum absolute atomic E-state index is 5.56. The van der Waals surface area contributed by atoms with E-state index >= 15 is 0 Å². The number of aromatic nitrogens is 3. The molecule has 0 radical (unpaired) electrons. The Kier molecular flexibility index (Phi) is 3.54. The van der Waals surface area contributed by atoms with E-state index in [1.807, 2.05) is 0 Å². The van der Waals surface area contributed by atoms with Crippen LogP contribution in [-0.4, -0.2) is 47.5 Å². The molecule has 3 rings (SSSR count). The minimum Gasteiger partial charge on any atom is -0.376 e. The molecule has 1 N–H and O–H groups in total. The van der Waals surface area contributed by atoms with E-state index in [2.05, 4.69) is 25.4 Å². The van der Waals surface area contributed by atoms with Crippen LogP contribution in [0.5, 0.6) is 0 Å². The van der Waals surface area contributed by atoms with Crippen molar-refractivity contribution in [2.75, 3.05) is 36.5 Å². The number of hydrogen-bond acceptors (Lipinski definition) is 6. The van der Waals surface area contributed by atoms with Crippen molar-refractivity contribution in [1.29, 1.82) is 0 Å². The highest BCUT2D eigenvalue weighted by molar-refractivity contribution is 5.40. The highest BCUT2D eigenvalue weighted by atomic mass is 16.5. The minimum absolute atomic E-state index is 0.295. The Morgan fingerprint density at radius 1 is 1.33 bits per heavy atom.